The summed E-state index contributed by atoms with van der Waals surface area (Å²) in [4.78, 5) is 50.5. The van der Waals surface area contributed by atoms with Gasteiger partial charge in [-0.2, -0.15) is 0 Å². The highest BCUT2D eigenvalue weighted by Gasteiger charge is 2.32. The molecule has 1 aliphatic rings. The van der Waals surface area contributed by atoms with Gasteiger partial charge < -0.3 is 15.5 Å². The van der Waals surface area contributed by atoms with E-state index in [9.17, 15) is 14.4 Å². The number of benzene rings is 2. The topological polar surface area (TPSA) is 109 Å². The fourth-order valence-electron chi connectivity index (χ4n) is 4.67. The molecule has 9 nitrogen and oxygen atoms in total. The Labute approximate surface area is 244 Å². The van der Waals surface area contributed by atoms with Crippen LogP contribution in [0.15, 0.2) is 58.8 Å². The van der Waals surface area contributed by atoms with Gasteiger partial charge in [0.15, 0.2) is 0 Å². The van der Waals surface area contributed by atoms with Gasteiger partial charge in [-0.15, -0.1) is 11.3 Å². The summed E-state index contributed by atoms with van der Waals surface area (Å²) < 4.78 is 1.51. The van der Waals surface area contributed by atoms with Gasteiger partial charge in [0, 0.05) is 41.4 Å². The summed E-state index contributed by atoms with van der Waals surface area (Å²) in [7, 11) is 1.56. The van der Waals surface area contributed by atoms with Crippen LogP contribution in [0.5, 0.6) is 0 Å². The van der Waals surface area contributed by atoms with Crippen molar-refractivity contribution < 1.29 is 9.59 Å². The molecule has 0 bridgehead atoms. The molecule has 206 valence electrons. The van der Waals surface area contributed by atoms with Crippen molar-refractivity contribution in [1.82, 2.24) is 24.8 Å². The predicted octanol–water partition coefficient (Wildman–Crippen LogP) is 5.12. The van der Waals surface area contributed by atoms with E-state index >= 15 is 0 Å². The highest BCUT2D eigenvalue weighted by Crippen LogP contribution is 2.28. The first kappa shape index (κ1) is 27.8. The van der Waals surface area contributed by atoms with Crippen LogP contribution in [0.1, 0.15) is 56.9 Å². The molecule has 2 aromatic carbocycles. The van der Waals surface area contributed by atoms with Gasteiger partial charge in [0.25, 0.3) is 17.4 Å². The minimum Gasteiger partial charge on any atom is -0.355 e. The lowest BCUT2D eigenvalue weighted by atomic mass is 9.98. The molecule has 4 aromatic rings. The first-order chi connectivity index (χ1) is 19.2. The van der Waals surface area contributed by atoms with Crippen molar-refractivity contribution in [1.29, 1.82) is 0 Å². The summed E-state index contributed by atoms with van der Waals surface area (Å²) in [5.74, 6) is -0.132. The summed E-state index contributed by atoms with van der Waals surface area (Å²) in [5.41, 5.74) is 2.26. The van der Waals surface area contributed by atoms with E-state index in [1.165, 1.54) is 15.9 Å². The molecule has 1 aliphatic heterocycles. The first-order valence-electron chi connectivity index (χ1n) is 12.6. The van der Waals surface area contributed by atoms with Crippen LogP contribution < -0.4 is 16.2 Å². The fourth-order valence-corrected chi connectivity index (χ4v) is 5.62. The van der Waals surface area contributed by atoms with E-state index in [2.05, 4.69) is 15.6 Å². The molecule has 0 unspecified atom stereocenters. The summed E-state index contributed by atoms with van der Waals surface area (Å²) in [6.45, 7) is 3.99. The number of nitrogens with zero attached hydrogens (tertiary/aromatic N) is 4. The molecule has 0 aliphatic carbocycles. The third-order valence-electron chi connectivity index (χ3n) is 6.82. The zero-order valence-corrected chi connectivity index (χ0v) is 24.3. The van der Waals surface area contributed by atoms with E-state index in [1.54, 1.807) is 60.6 Å². The standard InChI is InChI=1S/C28H26Cl2N6O3S/c1-15-12-20-23(14-35(15)26(38)18-6-9-21(29)22(30)13-18)34-28(33-16(2)25-32-10-11-40-25)36(27(20)39)19-7-4-17(5-8-19)24(37)31-3/h4-11,13,15-16H,12,14H2,1-3H3,(H,31,37)(H,33,34)/t15-,16+/m1/s1. The molecule has 3 heterocycles. The SMILES string of the molecule is CNC(=O)c1ccc(-n2c(N[C@@H](C)c3nccs3)nc3c(c2=O)C[C@@H](C)N(C(=O)c2ccc(Cl)c(Cl)c2)C3)cc1. The Hall–Kier alpha value is -3.73. The van der Waals surface area contributed by atoms with Crippen molar-refractivity contribution in [3.05, 3.63) is 102 Å². The van der Waals surface area contributed by atoms with Crippen LogP contribution in [0.4, 0.5) is 5.95 Å². The summed E-state index contributed by atoms with van der Waals surface area (Å²) in [6, 6.07) is 11.0. The Kier molecular flexibility index (Phi) is 7.93. The van der Waals surface area contributed by atoms with Crippen LogP contribution >= 0.6 is 34.5 Å². The lowest BCUT2D eigenvalue weighted by Crippen LogP contribution is -2.46. The quantitative estimate of drug-likeness (QED) is 0.320. The van der Waals surface area contributed by atoms with E-state index in [0.29, 0.717) is 50.5 Å². The molecular weight excluding hydrogens is 571 g/mol. The van der Waals surface area contributed by atoms with E-state index in [-0.39, 0.29) is 36.0 Å². The number of hydrogen-bond donors (Lipinski definition) is 2. The maximum atomic E-state index is 14.0. The van der Waals surface area contributed by atoms with Gasteiger partial charge in [-0.1, -0.05) is 23.2 Å². The molecule has 0 fully saturated rings. The number of anilines is 1. The van der Waals surface area contributed by atoms with Crippen LogP contribution in [-0.4, -0.2) is 44.3 Å². The molecular formula is C28H26Cl2N6O3S. The van der Waals surface area contributed by atoms with Crippen molar-refractivity contribution in [2.24, 2.45) is 0 Å². The molecule has 2 atom stereocenters. The number of carbonyl (C=O) groups is 2. The lowest BCUT2D eigenvalue weighted by molar-refractivity contribution is 0.0653. The van der Waals surface area contributed by atoms with E-state index < -0.39 is 0 Å². The van der Waals surface area contributed by atoms with Gasteiger partial charge in [0.2, 0.25) is 5.95 Å². The van der Waals surface area contributed by atoms with Crippen molar-refractivity contribution in [3.63, 3.8) is 0 Å². The van der Waals surface area contributed by atoms with Gasteiger partial charge >= 0.3 is 0 Å². The van der Waals surface area contributed by atoms with E-state index in [1.807, 2.05) is 19.2 Å². The van der Waals surface area contributed by atoms with E-state index in [4.69, 9.17) is 28.2 Å². The van der Waals surface area contributed by atoms with Gasteiger partial charge in [-0.3, -0.25) is 14.4 Å². The second-order valence-electron chi connectivity index (χ2n) is 9.48. The van der Waals surface area contributed by atoms with E-state index in [0.717, 1.165) is 5.01 Å². The number of aromatic nitrogens is 3. The number of rotatable bonds is 6. The van der Waals surface area contributed by atoms with Gasteiger partial charge in [0.1, 0.15) is 5.01 Å². The van der Waals surface area contributed by atoms with Crippen LogP contribution in [0.3, 0.4) is 0 Å². The highest BCUT2D eigenvalue weighted by atomic mass is 35.5. The molecule has 0 saturated heterocycles. The average Bonchev–Trinajstić information content (AvgIpc) is 3.50. The summed E-state index contributed by atoms with van der Waals surface area (Å²) >= 11 is 13.7. The second kappa shape index (κ2) is 11.4. The van der Waals surface area contributed by atoms with Crippen LogP contribution in [0.25, 0.3) is 5.69 Å². The van der Waals surface area contributed by atoms with Gasteiger partial charge in [0.05, 0.1) is 34.0 Å². The Morgan fingerprint density at radius 3 is 2.48 bits per heavy atom. The smallest absolute Gasteiger partial charge is 0.263 e. The molecule has 2 amide bonds. The molecule has 0 spiro atoms. The molecule has 0 radical (unpaired) electrons. The minimum atomic E-state index is -0.263. The Morgan fingerprint density at radius 2 is 1.82 bits per heavy atom. The molecule has 0 saturated carbocycles. The third kappa shape index (κ3) is 5.34. The molecule has 2 aromatic heterocycles. The lowest BCUT2D eigenvalue weighted by Gasteiger charge is -2.35. The highest BCUT2D eigenvalue weighted by molar-refractivity contribution is 7.09. The first-order valence-corrected chi connectivity index (χ1v) is 14.2. The fraction of sp³-hybridized carbons (Fsp3) is 0.250. The van der Waals surface area contributed by atoms with Crippen LogP contribution in [0, 0.1) is 0 Å². The third-order valence-corrected chi connectivity index (χ3v) is 8.52. The maximum Gasteiger partial charge on any atom is 0.263 e. The van der Waals surface area contributed by atoms with Crippen molar-refractivity contribution >= 4 is 52.3 Å². The minimum absolute atomic E-state index is 0.154. The Bertz CT molecular complexity index is 1640. The monoisotopic (exact) mass is 596 g/mol. The number of thiazole rings is 1. The maximum absolute atomic E-state index is 14.0. The number of halogens is 2. The number of hydrogen-bond acceptors (Lipinski definition) is 7. The second-order valence-corrected chi connectivity index (χ2v) is 11.2. The van der Waals surface area contributed by atoms with Gasteiger partial charge in [-0.25, -0.2) is 14.5 Å². The van der Waals surface area contributed by atoms with Crippen molar-refractivity contribution in [2.45, 2.75) is 38.9 Å². The normalized spacial score (nSPS) is 15.3. The molecule has 40 heavy (non-hydrogen) atoms. The number of amides is 2. The zero-order valence-electron chi connectivity index (χ0n) is 21.9. The average molecular weight is 598 g/mol. The largest absolute Gasteiger partial charge is 0.355 e. The van der Waals surface area contributed by atoms with Crippen LogP contribution in [0.2, 0.25) is 10.0 Å². The molecule has 5 rings (SSSR count). The Balaban J connectivity index is 1.57. The number of nitrogens with one attached hydrogen (secondary N) is 2. The summed E-state index contributed by atoms with van der Waals surface area (Å²) in [5, 5.41) is 9.31. The number of fused-ring (bicyclic) bond motifs is 1. The molecule has 12 heteroatoms. The molecule has 2 N–H and O–H groups in total. The van der Waals surface area contributed by atoms with Crippen molar-refractivity contribution in [2.75, 3.05) is 12.4 Å². The zero-order chi connectivity index (χ0) is 28.6. The number of carbonyl (C=O) groups excluding carboxylic acids is 2. The van der Waals surface area contributed by atoms with Crippen molar-refractivity contribution in [3.8, 4) is 5.69 Å². The summed E-state index contributed by atoms with van der Waals surface area (Å²) in [6.07, 6.45) is 2.05. The van der Waals surface area contributed by atoms with Crippen LogP contribution in [-0.2, 0) is 13.0 Å². The Morgan fingerprint density at radius 1 is 1.10 bits per heavy atom. The predicted molar refractivity (Wildman–Crippen MR) is 157 cm³/mol. The van der Waals surface area contributed by atoms with Gasteiger partial charge in [-0.05, 0) is 62.7 Å².